The van der Waals surface area contributed by atoms with Crippen molar-refractivity contribution in [2.45, 2.75) is 6.54 Å². The largest absolute Gasteiger partial charge is 0.326 e. The Balaban J connectivity index is 1.89. The highest BCUT2D eigenvalue weighted by Gasteiger charge is 2.12. The van der Waals surface area contributed by atoms with Crippen LogP contribution in [0.3, 0.4) is 0 Å². The van der Waals surface area contributed by atoms with Crippen LogP contribution in [0.2, 0.25) is 0 Å². The lowest BCUT2D eigenvalue weighted by atomic mass is 10.2. The molecule has 1 atom stereocenters. The summed E-state index contributed by atoms with van der Waals surface area (Å²) in [5.74, 6) is -0.325. The first kappa shape index (κ1) is 15.7. The number of rotatable bonds is 5. The summed E-state index contributed by atoms with van der Waals surface area (Å²) in [5.41, 5.74) is 1.63. The second-order valence-electron chi connectivity index (χ2n) is 4.97. The zero-order chi connectivity index (χ0) is 15.2. The van der Waals surface area contributed by atoms with Gasteiger partial charge < -0.3 is 10.2 Å². The number of hydrogen-bond acceptors (Lipinski definition) is 1. The summed E-state index contributed by atoms with van der Waals surface area (Å²) in [6, 6.07) is 13.9. The number of quaternary nitrogens is 1. The van der Waals surface area contributed by atoms with Crippen molar-refractivity contribution in [2.75, 3.05) is 18.9 Å². The Morgan fingerprint density at radius 3 is 2.71 bits per heavy atom. The molecule has 0 bridgehead atoms. The molecule has 5 heteroatoms. The minimum atomic E-state index is -0.252. The standard InChI is InChI=1S/C16H16BrFN2O/c1-20(10-12-5-4-6-13(18)9-12)11-16(21)19-15-8-3-2-7-14(15)17/h2-9H,10-11H2,1H3,(H,19,21)/p+1. The van der Waals surface area contributed by atoms with Crippen molar-refractivity contribution >= 4 is 27.5 Å². The average molecular weight is 352 g/mol. The van der Waals surface area contributed by atoms with Crippen LogP contribution < -0.4 is 10.2 Å². The highest BCUT2D eigenvalue weighted by molar-refractivity contribution is 9.10. The van der Waals surface area contributed by atoms with E-state index < -0.39 is 0 Å². The smallest absolute Gasteiger partial charge is 0.279 e. The van der Waals surface area contributed by atoms with Crippen molar-refractivity contribution in [3.63, 3.8) is 0 Å². The molecule has 2 rings (SSSR count). The molecule has 2 N–H and O–H groups in total. The van der Waals surface area contributed by atoms with E-state index in [-0.39, 0.29) is 11.7 Å². The Labute approximate surface area is 131 Å². The Bertz CT molecular complexity index is 633. The lowest BCUT2D eigenvalue weighted by Crippen LogP contribution is -3.08. The average Bonchev–Trinajstić information content (AvgIpc) is 2.41. The van der Waals surface area contributed by atoms with E-state index in [1.165, 1.54) is 12.1 Å². The highest BCUT2D eigenvalue weighted by Crippen LogP contribution is 2.20. The van der Waals surface area contributed by atoms with Crippen molar-refractivity contribution in [1.82, 2.24) is 0 Å². The van der Waals surface area contributed by atoms with Gasteiger partial charge in [0.05, 0.1) is 12.7 Å². The summed E-state index contributed by atoms with van der Waals surface area (Å²) in [6.07, 6.45) is 0. The molecule has 21 heavy (non-hydrogen) atoms. The van der Waals surface area contributed by atoms with E-state index >= 15 is 0 Å². The molecule has 0 saturated heterocycles. The van der Waals surface area contributed by atoms with E-state index in [4.69, 9.17) is 0 Å². The van der Waals surface area contributed by atoms with Gasteiger partial charge in [-0.15, -0.1) is 0 Å². The van der Waals surface area contributed by atoms with Crippen molar-refractivity contribution in [1.29, 1.82) is 0 Å². The van der Waals surface area contributed by atoms with Crippen molar-refractivity contribution in [3.05, 3.63) is 64.4 Å². The number of benzene rings is 2. The molecule has 0 radical (unpaired) electrons. The van der Waals surface area contributed by atoms with Crippen LogP contribution in [0, 0.1) is 5.82 Å². The van der Waals surface area contributed by atoms with Crippen LogP contribution in [-0.4, -0.2) is 19.5 Å². The van der Waals surface area contributed by atoms with Gasteiger partial charge in [-0.2, -0.15) is 0 Å². The summed E-state index contributed by atoms with van der Waals surface area (Å²) in [7, 11) is 1.91. The summed E-state index contributed by atoms with van der Waals surface area (Å²) in [6.45, 7) is 0.916. The summed E-state index contributed by atoms with van der Waals surface area (Å²) >= 11 is 3.39. The molecule has 0 aliphatic heterocycles. The van der Waals surface area contributed by atoms with Crippen molar-refractivity contribution in [3.8, 4) is 0 Å². The molecule has 110 valence electrons. The molecule has 0 aliphatic carbocycles. The molecule has 3 nitrogen and oxygen atoms in total. The third kappa shape index (κ3) is 4.95. The summed E-state index contributed by atoms with van der Waals surface area (Å²) in [5, 5.41) is 2.86. The molecule has 1 unspecified atom stereocenters. The predicted molar refractivity (Wildman–Crippen MR) is 84.6 cm³/mol. The first-order chi connectivity index (χ1) is 10.0. The number of para-hydroxylation sites is 1. The van der Waals surface area contributed by atoms with Crippen LogP contribution in [0.1, 0.15) is 5.56 Å². The van der Waals surface area contributed by atoms with E-state index in [0.29, 0.717) is 13.1 Å². The van der Waals surface area contributed by atoms with Crippen LogP contribution in [0.5, 0.6) is 0 Å². The van der Waals surface area contributed by atoms with Gasteiger partial charge in [-0.25, -0.2) is 4.39 Å². The van der Waals surface area contributed by atoms with E-state index in [2.05, 4.69) is 21.2 Å². The van der Waals surface area contributed by atoms with E-state index in [0.717, 1.165) is 20.6 Å². The first-order valence-corrected chi connectivity index (χ1v) is 7.44. The second-order valence-corrected chi connectivity index (χ2v) is 5.82. The fourth-order valence-corrected chi connectivity index (χ4v) is 2.47. The number of halogens is 2. The normalized spacial score (nSPS) is 12.0. The van der Waals surface area contributed by atoms with Gasteiger partial charge in [-0.3, -0.25) is 4.79 Å². The van der Waals surface area contributed by atoms with E-state index in [1.807, 2.05) is 37.4 Å². The summed E-state index contributed by atoms with van der Waals surface area (Å²) in [4.78, 5) is 13.0. The number of amides is 1. The third-order valence-electron chi connectivity index (χ3n) is 3.01. The summed E-state index contributed by atoms with van der Waals surface area (Å²) < 4.78 is 14.0. The molecule has 1 amide bonds. The maximum Gasteiger partial charge on any atom is 0.279 e. The van der Waals surface area contributed by atoms with Gasteiger partial charge in [0.2, 0.25) is 0 Å². The van der Waals surface area contributed by atoms with Crippen LogP contribution >= 0.6 is 15.9 Å². The topological polar surface area (TPSA) is 33.5 Å². The van der Waals surface area contributed by atoms with Gasteiger partial charge in [-0.1, -0.05) is 24.3 Å². The van der Waals surface area contributed by atoms with E-state index in [9.17, 15) is 9.18 Å². The Hall–Kier alpha value is -1.72. The Morgan fingerprint density at radius 2 is 2.00 bits per heavy atom. The van der Waals surface area contributed by atoms with Gasteiger partial charge in [0.25, 0.3) is 5.91 Å². The lowest BCUT2D eigenvalue weighted by molar-refractivity contribution is -0.885. The number of anilines is 1. The van der Waals surface area contributed by atoms with E-state index in [1.54, 1.807) is 6.07 Å². The number of hydrogen-bond donors (Lipinski definition) is 2. The monoisotopic (exact) mass is 351 g/mol. The van der Waals surface area contributed by atoms with Gasteiger partial charge in [0, 0.05) is 10.0 Å². The molecule has 0 fully saturated rings. The van der Waals surface area contributed by atoms with Crippen LogP contribution in [-0.2, 0) is 11.3 Å². The Morgan fingerprint density at radius 1 is 1.24 bits per heavy atom. The molecule has 0 spiro atoms. The van der Waals surface area contributed by atoms with Crippen molar-refractivity contribution in [2.24, 2.45) is 0 Å². The second kappa shape index (κ2) is 7.33. The SMILES string of the molecule is C[NH+](CC(=O)Nc1ccccc1Br)Cc1cccc(F)c1. The Kier molecular flexibility index (Phi) is 5.47. The number of nitrogens with one attached hydrogen (secondary N) is 2. The number of carbonyl (C=O) groups is 1. The molecule has 0 heterocycles. The highest BCUT2D eigenvalue weighted by atomic mass is 79.9. The number of carbonyl (C=O) groups excluding carboxylic acids is 1. The van der Waals surface area contributed by atoms with Crippen LogP contribution in [0.15, 0.2) is 53.0 Å². The molecular weight excluding hydrogens is 335 g/mol. The van der Waals surface area contributed by atoms with Gasteiger partial charge in [0.15, 0.2) is 6.54 Å². The minimum Gasteiger partial charge on any atom is -0.326 e. The van der Waals surface area contributed by atoms with Crippen LogP contribution in [0.25, 0.3) is 0 Å². The van der Waals surface area contributed by atoms with Crippen LogP contribution in [0.4, 0.5) is 10.1 Å². The fraction of sp³-hybridized carbons (Fsp3) is 0.188. The van der Waals surface area contributed by atoms with Gasteiger partial charge >= 0.3 is 0 Å². The molecule has 0 saturated carbocycles. The maximum atomic E-state index is 13.1. The fourth-order valence-electron chi connectivity index (χ4n) is 2.09. The molecule has 0 aromatic heterocycles. The molecule has 2 aromatic rings. The molecule has 0 aliphatic rings. The minimum absolute atomic E-state index is 0.0733. The van der Waals surface area contributed by atoms with Gasteiger partial charge in [-0.05, 0) is 40.2 Å². The first-order valence-electron chi connectivity index (χ1n) is 6.65. The van der Waals surface area contributed by atoms with Crippen molar-refractivity contribution < 1.29 is 14.1 Å². The third-order valence-corrected chi connectivity index (χ3v) is 3.70. The van der Waals surface area contributed by atoms with Gasteiger partial charge in [0.1, 0.15) is 12.4 Å². The molecule has 2 aromatic carbocycles. The quantitative estimate of drug-likeness (QED) is 0.850. The number of likely N-dealkylation sites (N-methyl/N-ethyl adjacent to an activating group) is 1. The maximum absolute atomic E-state index is 13.1. The lowest BCUT2D eigenvalue weighted by Gasteiger charge is -2.14. The molecular formula is C16H17BrFN2O+. The predicted octanol–water partition coefficient (Wildman–Crippen LogP) is 2.24. The zero-order valence-electron chi connectivity index (χ0n) is 11.7. The zero-order valence-corrected chi connectivity index (χ0v) is 13.3.